The minimum Gasteiger partial charge on any atom is -0.450 e. The van der Waals surface area contributed by atoms with Crippen molar-refractivity contribution in [1.82, 2.24) is 0 Å². The molecule has 0 fully saturated rings. The first kappa shape index (κ1) is 17.6. The molecule has 0 heterocycles. The Labute approximate surface area is 97.4 Å². The fourth-order valence-electron chi connectivity index (χ4n) is 0.728. The lowest BCUT2D eigenvalue weighted by atomic mass is 10.3. The maximum Gasteiger partial charge on any atom is 0.505 e. The summed E-state index contributed by atoms with van der Waals surface area (Å²) in [6.07, 6.45) is 3.56. The predicted octanol–water partition coefficient (Wildman–Crippen LogP) is 2.28. The van der Waals surface area contributed by atoms with E-state index in [1.54, 1.807) is 0 Å². The first-order valence-corrected chi connectivity index (χ1v) is 5.73. The molecule has 0 aromatic rings. The highest BCUT2D eigenvalue weighted by molar-refractivity contribution is 5.56. The van der Waals surface area contributed by atoms with Gasteiger partial charge in [0.05, 0.1) is 6.61 Å². The molecule has 0 bridgehead atoms. The van der Waals surface area contributed by atoms with E-state index in [0.717, 1.165) is 13.2 Å². The summed E-state index contributed by atoms with van der Waals surface area (Å²) < 4.78 is 9.17. The summed E-state index contributed by atoms with van der Waals surface area (Å²) >= 11 is 0. The van der Waals surface area contributed by atoms with Gasteiger partial charge in [-0.15, -0.1) is 0 Å². The van der Waals surface area contributed by atoms with Gasteiger partial charge in [0.25, 0.3) is 0 Å². The Morgan fingerprint density at radius 1 is 1.06 bits per heavy atom. The standard InChI is InChI=1S/C8H18O.C3H6O4/c1-3-5-7-9-8-6-4-2;4-1-2-7-3(5)6/h3-8H2,1-2H3;4H,1-2H2,(H,5,6). The van der Waals surface area contributed by atoms with E-state index in [1.165, 1.54) is 25.7 Å². The molecule has 0 aromatic heterocycles. The third-order valence-corrected chi connectivity index (χ3v) is 1.60. The third-order valence-electron chi connectivity index (χ3n) is 1.60. The van der Waals surface area contributed by atoms with Crippen molar-refractivity contribution in [1.29, 1.82) is 0 Å². The van der Waals surface area contributed by atoms with Crippen LogP contribution >= 0.6 is 0 Å². The lowest BCUT2D eigenvalue weighted by molar-refractivity contribution is 0.0743. The Kier molecular flexibility index (Phi) is 18.3. The number of hydrogen-bond acceptors (Lipinski definition) is 4. The number of aliphatic hydroxyl groups is 1. The van der Waals surface area contributed by atoms with Gasteiger partial charge in [-0.3, -0.25) is 0 Å². The molecule has 0 rings (SSSR count). The van der Waals surface area contributed by atoms with Crippen molar-refractivity contribution in [3.05, 3.63) is 0 Å². The third kappa shape index (κ3) is 23.2. The average molecular weight is 236 g/mol. The quantitative estimate of drug-likeness (QED) is 0.499. The van der Waals surface area contributed by atoms with Crippen molar-refractivity contribution in [3.63, 3.8) is 0 Å². The van der Waals surface area contributed by atoms with Crippen LogP contribution in [0.4, 0.5) is 4.79 Å². The Morgan fingerprint density at radius 3 is 1.81 bits per heavy atom. The molecule has 0 aromatic carbocycles. The second-order valence-electron chi connectivity index (χ2n) is 3.16. The molecule has 16 heavy (non-hydrogen) atoms. The van der Waals surface area contributed by atoms with E-state index in [1.807, 2.05) is 0 Å². The Balaban J connectivity index is 0. The first-order chi connectivity index (χ1) is 7.68. The smallest absolute Gasteiger partial charge is 0.450 e. The highest BCUT2D eigenvalue weighted by Gasteiger charge is 1.90. The SMILES string of the molecule is CCCCOCCCC.O=C(O)OCCO. The Bertz CT molecular complexity index is 132. The zero-order valence-corrected chi connectivity index (χ0v) is 10.3. The largest absolute Gasteiger partial charge is 0.505 e. The van der Waals surface area contributed by atoms with Crippen molar-refractivity contribution in [2.45, 2.75) is 39.5 Å². The van der Waals surface area contributed by atoms with Gasteiger partial charge in [0.2, 0.25) is 0 Å². The van der Waals surface area contributed by atoms with Crippen LogP contribution in [0.3, 0.4) is 0 Å². The molecule has 0 atom stereocenters. The highest BCUT2D eigenvalue weighted by Crippen LogP contribution is 1.91. The predicted molar refractivity (Wildman–Crippen MR) is 61.7 cm³/mol. The fraction of sp³-hybridized carbons (Fsp3) is 0.909. The molecule has 0 aliphatic carbocycles. The molecule has 98 valence electrons. The number of carboxylic acid groups (broad SMARTS) is 1. The number of aliphatic hydroxyl groups excluding tert-OH is 1. The van der Waals surface area contributed by atoms with Gasteiger partial charge in [0.15, 0.2) is 0 Å². The summed E-state index contributed by atoms with van der Waals surface area (Å²) in [7, 11) is 0. The number of carbonyl (C=O) groups is 1. The van der Waals surface area contributed by atoms with Gasteiger partial charge in [-0.1, -0.05) is 26.7 Å². The van der Waals surface area contributed by atoms with Crippen LogP contribution in [0.1, 0.15) is 39.5 Å². The number of rotatable bonds is 8. The van der Waals surface area contributed by atoms with Crippen LogP contribution in [0.2, 0.25) is 0 Å². The number of hydrogen-bond donors (Lipinski definition) is 2. The lowest BCUT2D eigenvalue weighted by Crippen LogP contribution is -2.04. The molecule has 0 saturated heterocycles. The monoisotopic (exact) mass is 236 g/mol. The average Bonchev–Trinajstić information content (AvgIpc) is 2.27. The Hall–Kier alpha value is -0.810. The lowest BCUT2D eigenvalue weighted by Gasteiger charge is -1.99. The summed E-state index contributed by atoms with van der Waals surface area (Å²) in [4.78, 5) is 9.42. The molecule has 0 aliphatic rings. The van der Waals surface area contributed by atoms with Crippen LogP contribution in [-0.4, -0.2) is 42.8 Å². The van der Waals surface area contributed by atoms with Crippen LogP contribution in [0.5, 0.6) is 0 Å². The molecule has 0 saturated carbocycles. The van der Waals surface area contributed by atoms with Gasteiger partial charge < -0.3 is 19.7 Å². The molecule has 0 unspecified atom stereocenters. The van der Waals surface area contributed by atoms with Gasteiger partial charge in [-0.25, -0.2) is 4.79 Å². The number of ether oxygens (including phenoxy) is 2. The van der Waals surface area contributed by atoms with Crippen LogP contribution in [-0.2, 0) is 9.47 Å². The van der Waals surface area contributed by atoms with Crippen LogP contribution in [0.25, 0.3) is 0 Å². The van der Waals surface area contributed by atoms with Crippen LogP contribution < -0.4 is 0 Å². The van der Waals surface area contributed by atoms with Crippen molar-refractivity contribution in [2.75, 3.05) is 26.4 Å². The van der Waals surface area contributed by atoms with E-state index in [-0.39, 0.29) is 13.2 Å². The van der Waals surface area contributed by atoms with Crippen molar-refractivity contribution >= 4 is 6.16 Å². The maximum absolute atomic E-state index is 9.42. The molecule has 0 radical (unpaired) electrons. The zero-order chi connectivity index (χ0) is 12.6. The molecular weight excluding hydrogens is 212 g/mol. The summed E-state index contributed by atoms with van der Waals surface area (Å²) in [6.45, 7) is 5.88. The second-order valence-corrected chi connectivity index (χ2v) is 3.16. The summed E-state index contributed by atoms with van der Waals surface area (Å²) in [5.74, 6) is 0. The van der Waals surface area contributed by atoms with Crippen LogP contribution in [0, 0.1) is 0 Å². The van der Waals surface area contributed by atoms with Gasteiger partial charge in [0, 0.05) is 13.2 Å². The highest BCUT2D eigenvalue weighted by atomic mass is 16.7. The van der Waals surface area contributed by atoms with Crippen LogP contribution in [0.15, 0.2) is 0 Å². The summed E-state index contributed by atoms with van der Waals surface area (Å²) in [5, 5.41) is 15.6. The summed E-state index contributed by atoms with van der Waals surface area (Å²) in [5.41, 5.74) is 0. The van der Waals surface area contributed by atoms with Gasteiger partial charge >= 0.3 is 6.16 Å². The molecule has 0 spiro atoms. The minimum atomic E-state index is -1.35. The van der Waals surface area contributed by atoms with E-state index >= 15 is 0 Å². The fourth-order valence-corrected chi connectivity index (χ4v) is 0.728. The topological polar surface area (TPSA) is 76.0 Å². The molecule has 0 aliphatic heterocycles. The zero-order valence-electron chi connectivity index (χ0n) is 10.3. The van der Waals surface area contributed by atoms with E-state index in [2.05, 4.69) is 18.6 Å². The Morgan fingerprint density at radius 2 is 1.56 bits per heavy atom. The number of unbranched alkanes of at least 4 members (excludes halogenated alkanes) is 2. The van der Waals surface area contributed by atoms with Crippen molar-refractivity contribution in [3.8, 4) is 0 Å². The van der Waals surface area contributed by atoms with Gasteiger partial charge in [-0.05, 0) is 12.8 Å². The molecular formula is C11H24O5. The second kappa shape index (κ2) is 16.6. The van der Waals surface area contributed by atoms with Gasteiger partial charge in [0.1, 0.15) is 6.61 Å². The van der Waals surface area contributed by atoms with E-state index in [9.17, 15) is 4.79 Å². The maximum atomic E-state index is 9.42. The van der Waals surface area contributed by atoms with E-state index < -0.39 is 6.16 Å². The minimum absolute atomic E-state index is 0.144. The van der Waals surface area contributed by atoms with Crippen molar-refractivity contribution in [2.24, 2.45) is 0 Å². The van der Waals surface area contributed by atoms with E-state index in [0.29, 0.717) is 0 Å². The van der Waals surface area contributed by atoms with E-state index in [4.69, 9.17) is 14.9 Å². The first-order valence-electron chi connectivity index (χ1n) is 5.73. The van der Waals surface area contributed by atoms with Gasteiger partial charge in [-0.2, -0.15) is 0 Å². The molecule has 2 N–H and O–H groups in total. The summed E-state index contributed by atoms with van der Waals surface area (Å²) in [6, 6.07) is 0. The molecule has 5 heteroatoms. The normalized spacial score (nSPS) is 9.19. The molecule has 0 amide bonds. The van der Waals surface area contributed by atoms with Crippen molar-refractivity contribution < 1.29 is 24.5 Å². The molecule has 5 nitrogen and oxygen atoms in total.